The van der Waals surface area contributed by atoms with E-state index in [0.29, 0.717) is 84.3 Å². The van der Waals surface area contributed by atoms with E-state index in [0.717, 1.165) is 66.7 Å². The van der Waals surface area contributed by atoms with Crippen LogP contribution >= 0.6 is 0 Å². The lowest BCUT2D eigenvalue weighted by atomic mass is 9.82. The number of hydrogen-bond donors (Lipinski definition) is 0. The van der Waals surface area contributed by atoms with Gasteiger partial charge in [-0.05, 0) is 167 Å². The van der Waals surface area contributed by atoms with E-state index in [4.69, 9.17) is 15.0 Å². The number of benzene rings is 10. The molecule has 0 fully saturated rings. The van der Waals surface area contributed by atoms with Crippen molar-refractivity contribution >= 4 is 44.9 Å². The third-order valence-electron chi connectivity index (χ3n) is 16.9. The second-order valence-corrected chi connectivity index (χ2v) is 22.2. The molecule has 0 radical (unpaired) electrons. The molecule has 424 valence electrons. The van der Waals surface area contributed by atoms with Gasteiger partial charge in [0.15, 0.2) is 17.5 Å². The summed E-state index contributed by atoms with van der Waals surface area (Å²) >= 11 is 0. The van der Waals surface area contributed by atoms with Crippen molar-refractivity contribution in [3.05, 3.63) is 282 Å². The van der Waals surface area contributed by atoms with Crippen LogP contribution in [0.4, 0.5) is 13.2 Å². The van der Waals surface area contributed by atoms with Crippen LogP contribution < -0.4 is 0 Å². The molecule has 10 aromatic carbocycles. The maximum Gasteiger partial charge on any atom is 0.416 e. The molecule has 14 rings (SSSR count). The van der Waals surface area contributed by atoms with E-state index in [1.807, 2.05) is 181 Å². The molecule has 0 aliphatic heterocycles. The van der Waals surface area contributed by atoms with Crippen molar-refractivity contribution in [2.45, 2.75) is 13.1 Å². The van der Waals surface area contributed by atoms with E-state index in [9.17, 15) is 21.0 Å². The number of aromatic nitrogens is 5. The molecule has 1 aliphatic carbocycles. The molecule has 9 nitrogen and oxygen atoms in total. The fourth-order valence-corrected chi connectivity index (χ4v) is 12.1. The number of alkyl halides is 3. The van der Waals surface area contributed by atoms with Crippen LogP contribution in [0.25, 0.3) is 135 Å². The minimum absolute atomic E-state index is 0.209. The van der Waals surface area contributed by atoms with Gasteiger partial charge in [-0.1, -0.05) is 127 Å². The van der Waals surface area contributed by atoms with E-state index < -0.39 is 17.2 Å². The van der Waals surface area contributed by atoms with Crippen LogP contribution in [0.3, 0.4) is 0 Å². The van der Waals surface area contributed by atoms with Crippen molar-refractivity contribution in [2.75, 3.05) is 0 Å². The Labute approximate surface area is 515 Å². The van der Waals surface area contributed by atoms with E-state index in [1.165, 1.54) is 12.1 Å². The van der Waals surface area contributed by atoms with Gasteiger partial charge in [-0.15, -0.1) is 6.58 Å². The lowest BCUT2D eigenvalue weighted by Crippen LogP contribution is -2.10. The van der Waals surface area contributed by atoms with Crippen LogP contribution in [0, 0.1) is 50.7 Å². The molecule has 1 atom stereocenters. The largest absolute Gasteiger partial charge is 0.416 e. The van der Waals surface area contributed by atoms with Gasteiger partial charge in [0.05, 0.1) is 74.5 Å². The molecule has 3 aromatic heterocycles. The summed E-state index contributed by atoms with van der Waals surface area (Å²) in [6, 6.07) is 77.6. The molecular weight excluding hydrogens is 1120 g/mol. The molecule has 90 heavy (non-hydrogen) atoms. The smallest absolute Gasteiger partial charge is 0.309 e. The highest BCUT2D eigenvalue weighted by Crippen LogP contribution is 2.47. The van der Waals surface area contributed by atoms with E-state index in [-0.39, 0.29) is 11.4 Å². The van der Waals surface area contributed by atoms with Gasteiger partial charge >= 0.3 is 6.18 Å². The SMILES string of the molecule is C=C[C@]1(C)C=Cc2c(c3cc(-c4ccc(C#N)cc4)ccc3n2-c2ccc(-c3nc(-c4ccccc4)nc(-c4ccccc4)n3)c(-c3cc(C(F)(F)F)ccc3-n3c4ccc(-c5ccc(C#N)cc5)cc4c4cc(-c5ccc(C#N)cc5)ccc43)c2)C=C1C#N. The van der Waals surface area contributed by atoms with Crippen LogP contribution in [0.1, 0.15) is 40.4 Å². The highest BCUT2D eigenvalue weighted by molar-refractivity contribution is 6.12. The summed E-state index contributed by atoms with van der Waals surface area (Å²) in [5.41, 5.74) is 12.4. The minimum atomic E-state index is -4.79. The van der Waals surface area contributed by atoms with Gasteiger partial charge in [0.2, 0.25) is 0 Å². The topological polar surface area (TPSA) is 144 Å². The van der Waals surface area contributed by atoms with Crippen molar-refractivity contribution in [3.8, 4) is 114 Å². The fraction of sp³-hybridized carbons (Fsp3) is 0.0385. The lowest BCUT2D eigenvalue weighted by molar-refractivity contribution is -0.137. The van der Waals surface area contributed by atoms with Crippen LogP contribution in [-0.2, 0) is 6.18 Å². The highest BCUT2D eigenvalue weighted by atomic mass is 19.4. The maximum absolute atomic E-state index is 15.8. The number of nitrogens with zero attached hydrogens (tertiary/aromatic N) is 9. The molecule has 0 N–H and O–H groups in total. The van der Waals surface area contributed by atoms with Crippen molar-refractivity contribution in [2.24, 2.45) is 5.41 Å². The number of allylic oxidation sites excluding steroid dienone is 3. The van der Waals surface area contributed by atoms with E-state index in [1.54, 1.807) is 42.5 Å². The summed E-state index contributed by atoms with van der Waals surface area (Å²) in [5, 5.41) is 42.2. The second kappa shape index (κ2) is 22.1. The normalized spacial score (nSPS) is 13.6. The summed E-state index contributed by atoms with van der Waals surface area (Å²) in [6.45, 7) is 6.06. The van der Waals surface area contributed by atoms with E-state index in [2.05, 4.69) is 53.6 Å². The van der Waals surface area contributed by atoms with Crippen LogP contribution in [0.5, 0.6) is 0 Å². The van der Waals surface area contributed by atoms with Crippen molar-refractivity contribution in [3.63, 3.8) is 0 Å². The summed E-state index contributed by atoms with van der Waals surface area (Å²) < 4.78 is 51.4. The van der Waals surface area contributed by atoms with Gasteiger partial charge in [-0.3, -0.25) is 0 Å². The molecule has 13 aromatic rings. The standard InChI is InChI=1S/C78H46F3N9/c1-3-77(2)37-36-73-68(42-60(77)47-85)66-40-56(51-20-14-48(44-82)15-21-51)26-32-69(66)89(73)61-30-31-62(76-87-74(54-10-6-4-7-11-54)86-75(88-76)55-12-8-5-9-13-55)63(43-61)67-41-59(78(79,80)81)29-35-72(67)90-70-33-27-57(52-22-16-49(45-83)17-23-52)38-64(70)65-39-58(28-34-71(65)90)53-24-18-50(46-84)19-25-53/h3-43H,1H2,2H3/t77-/m1/s1. The van der Waals surface area contributed by atoms with Gasteiger partial charge in [0.1, 0.15) is 0 Å². The average molecular weight is 1170 g/mol. The number of hydrogen-bond acceptors (Lipinski definition) is 7. The summed E-state index contributed by atoms with van der Waals surface area (Å²) in [4.78, 5) is 15.4. The third kappa shape index (κ3) is 9.74. The molecule has 1 aliphatic rings. The Balaban J connectivity index is 1.09. The first kappa shape index (κ1) is 55.4. The minimum Gasteiger partial charge on any atom is -0.309 e. The van der Waals surface area contributed by atoms with Crippen molar-refractivity contribution in [1.82, 2.24) is 24.1 Å². The van der Waals surface area contributed by atoms with Gasteiger partial charge in [0, 0.05) is 60.7 Å². The zero-order chi connectivity index (χ0) is 61.8. The first-order valence-electron chi connectivity index (χ1n) is 28.8. The van der Waals surface area contributed by atoms with E-state index >= 15 is 13.2 Å². The van der Waals surface area contributed by atoms with Crippen LogP contribution in [-0.4, -0.2) is 24.1 Å². The predicted molar refractivity (Wildman–Crippen MR) is 349 cm³/mol. The summed E-state index contributed by atoms with van der Waals surface area (Å²) in [7, 11) is 0. The molecule has 0 amide bonds. The monoisotopic (exact) mass is 1170 g/mol. The number of nitriles is 4. The number of fused-ring (bicyclic) bond motifs is 6. The van der Waals surface area contributed by atoms with Crippen LogP contribution in [0.15, 0.2) is 249 Å². The van der Waals surface area contributed by atoms with Crippen molar-refractivity contribution < 1.29 is 13.2 Å². The highest BCUT2D eigenvalue weighted by Gasteiger charge is 2.34. The Kier molecular flexibility index (Phi) is 13.6. The first-order valence-corrected chi connectivity index (χ1v) is 28.8. The molecular formula is C78H46F3N9. The maximum atomic E-state index is 15.8. The molecule has 3 heterocycles. The van der Waals surface area contributed by atoms with Gasteiger partial charge < -0.3 is 9.13 Å². The Morgan fingerprint density at radius 2 is 0.911 bits per heavy atom. The quantitative estimate of drug-likeness (QED) is 0.124. The molecule has 0 saturated carbocycles. The second-order valence-electron chi connectivity index (χ2n) is 22.2. The van der Waals surface area contributed by atoms with Crippen molar-refractivity contribution in [1.29, 1.82) is 21.0 Å². The van der Waals surface area contributed by atoms with Gasteiger partial charge in [0.25, 0.3) is 0 Å². The Hall–Kier alpha value is -12.5. The van der Waals surface area contributed by atoms with Gasteiger partial charge in [-0.25, -0.2) is 15.0 Å². The molecule has 0 spiro atoms. The predicted octanol–water partition coefficient (Wildman–Crippen LogP) is 19.3. The molecule has 0 unspecified atom stereocenters. The number of halogens is 3. The molecule has 0 saturated heterocycles. The molecule has 12 heteroatoms. The average Bonchev–Trinajstić information content (AvgIpc) is 1.54. The summed E-state index contributed by atoms with van der Waals surface area (Å²) in [5.74, 6) is 0.917. The number of rotatable bonds is 10. The lowest BCUT2D eigenvalue weighted by Gasteiger charge is -2.21. The third-order valence-corrected chi connectivity index (χ3v) is 16.9. The molecule has 0 bridgehead atoms. The Morgan fingerprint density at radius 1 is 0.444 bits per heavy atom. The van der Waals surface area contributed by atoms with Gasteiger partial charge in [-0.2, -0.15) is 34.2 Å². The zero-order valence-corrected chi connectivity index (χ0v) is 48.0. The van der Waals surface area contributed by atoms with Crippen LogP contribution in [0.2, 0.25) is 0 Å². The Bertz CT molecular complexity index is 5170. The Morgan fingerprint density at radius 3 is 1.38 bits per heavy atom. The first-order chi connectivity index (χ1) is 43.8. The fourth-order valence-electron chi connectivity index (χ4n) is 12.1. The summed E-state index contributed by atoms with van der Waals surface area (Å²) in [6.07, 6.45) is 2.75. The zero-order valence-electron chi connectivity index (χ0n) is 48.0.